The first-order chi connectivity index (χ1) is 9.66. The summed E-state index contributed by atoms with van der Waals surface area (Å²) in [6.45, 7) is 13.4. The molecule has 0 amide bonds. The van der Waals surface area contributed by atoms with Crippen LogP contribution in [0.15, 0.2) is 12.1 Å². The van der Waals surface area contributed by atoms with Crippen LogP contribution in [0.5, 0.6) is 11.5 Å². The molecule has 0 fully saturated rings. The summed E-state index contributed by atoms with van der Waals surface area (Å²) in [5.41, 5.74) is 1.43. The monoisotopic (exact) mass is 424 g/mol. The van der Waals surface area contributed by atoms with E-state index in [1.807, 2.05) is 22.6 Å². The molecule has 0 saturated heterocycles. The number of rotatable bonds is 6. The third-order valence-electron chi connectivity index (χ3n) is 4.19. The van der Waals surface area contributed by atoms with Gasteiger partial charge in [-0.1, -0.05) is 41.5 Å². The number of hydrogen-bond donors (Lipinski definition) is 0. The van der Waals surface area contributed by atoms with Crippen LogP contribution >= 0.6 is 22.6 Å². The summed E-state index contributed by atoms with van der Waals surface area (Å²) in [6, 6.07) is 3.44. The van der Waals surface area contributed by atoms with E-state index in [0.29, 0.717) is 20.2 Å². The fourth-order valence-electron chi connectivity index (χ4n) is 3.31. The molecular formula is C16H26FIO2Si. The van der Waals surface area contributed by atoms with Gasteiger partial charge in [0.25, 0.3) is 8.32 Å². The quantitative estimate of drug-likeness (QED) is 0.412. The molecule has 2 nitrogen and oxygen atoms in total. The Hall–Kier alpha value is -0.303. The molecule has 0 unspecified atom stereocenters. The van der Waals surface area contributed by atoms with E-state index in [1.165, 1.54) is 7.11 Å². The summed E-state index contributed by atoms with van der Waals surface area (Å²) in [6.07, 6.45) is 0. The van der Waals surface area contributed by atoms with Crippen LogP contribution in [0.1, 0.15) is 41.5 Å². The molecule has 120 valence electrons. The zero-order chi connectivity index (χ0) is 16.4. The third-order valence-corrected chi connectivity index (χ3v) is 11.0. The van der Waals surface area contributed by atoms with Gasteiger partial charge in [-0.15, -0.1) is 0 Å². The molecule has 0 aliphatic heterocycles. The lowest BCUT2D eigenvalue weighted by Crippen LogP contribution is -2.50. The van der Waals surface area contributed by atoms with Crippen molar-refractivity contribution < 1.29 is 13.6 Å². The second-order valence-corrected chi connectivity index (χ2v) is 12.9. The molecular weight excluding hydrogens is 398 g/mol. The lowest BCUT2D eigenvalue weighted by molar-refractivity contribution is 0.380. The SMILES string of the molecule is COc1cc(O[Si](C(C)C)(C(C)C)C(C)C)cc(I)c1F. The molecule has 0 saturated carbocycles. The molecule has 0 N–H and O–H groups in total. The normalized spacial score (nSPS) is 12.4. The summed E-state index contributed by atoms with van der Waals surface area (Å²) in [5.74, 6) is 0.646. The Labute approximate surface area is 142 Å². The van der Waals surface area contributed by atoms with Crippen LogP contribution in [0.3, 0.4) is 0 Å². The largest absolute Gasteiger partial charge is 0.543 e. The average molecular weight is 424 g/mol. The van der Waals surface area contributed by atoms with Crippen LogP contribution < -0.4 is 9.16 Å². The summed E-state index contributed by atoms with van der Waals surface area (Å²) in [5, 5.41) is 0. The highest BCUT2D eigenvalue weighted by Gasteiger charge is 2.47. The van der Waals surface area contributed by atoms with E-state index >= 15 is 0 Å². The van der Waals surface area contributed by atoms with E-state index < -0.39 is 8.32 Å². The maximum absolute atomic E-state index is 13.9. The summed E-state index contributed by atoms with van der Waals surface area (Å²) >= 11 is 1.98. The lowest BCUT2D eigenvalue weighted by Gasteiger charge is -2.42. The van der Waals surface area contributed by atoms with Crippen LogP contribution in [-0.2, 0) is 0 Å². The van der Waals surface area contributed by atoms with Gasteiger partial charge in [-0.3, -0.25) is 0 Å². The summed E-state index contributed by atoms with van der Waals surface area (Å²) in [4.78, 5) is 0. The van der Waals surface area contributed by atoms with E-state index in [9.17, 15) is 4.39 Å². The molecule has 0 bridgehead atoms. The van der Waals surface area contributed by atoms with E-state index in [-0.39, 0.29) is 11.6 Å². The fourth-order valence-corrected chi connectivity index (χ4v) is 9.11. The highest BCUT2D eigenvalue weighted by molar-refractivity contribution is 14.1. The van der Waals surface area contributed by atoms with Crippen molar-refractivity contribution in [1.82, 2.24) is 0 Å². The highest BCUT2D eigenvalue weighted by Crippen LogP contribution is 2.43. The van der Waals surface area contributed by atoms with Crippen LogP contribution in [0.25, 0.3) is 0 Å². The molecule has 0 aromatic heterocycles. The molecule has 1 rings (SSSR count). The van der Waals surface area contributed by atoms with Gasteiger partial charge < -0.3 is 9.16 Å². The minimum absolute atomic E-state index is 0.246. The molecule has 1 aromatic carbocycles. The predicted molar refractivity (Wildman–Crippen MR) is 97.3 cm³/mol. The van der Waals surface area contributed by atoms with Crippen LogP contribution in [0.2, 0.25) is 16.6 Å². The van der Waals surface area contributed by atoms with E-state index in [0.717, 1.165) is 5.75 Å². The molecule has 0 atom stereocenters. The first-order valence-corrected chi connectivity index (χ1v) is 10.6. The molecule has 21 heavy (non-hydrogen) atoms. The second-order valence-electron chi connectivity index (χ2n) is 6.34. The molecule has 1 aromatic rings. The van der Waals surface area contributed by atoms with Crippen molar-refractivity contribution in [2.75, 3.05) is 7.11 Å². The van der Waals surface area contributed by atoms with Gasteiger partial charge in [0, 0.05) is 6.07 Å². The van der Waals surface area contributed by atoms with Gasteiger partial charge >= 0.3 is 0 Å². The van der Waals surface area contributed by atoms with Crippen LogP contribution in [-0.4, -0.2) is 15.4 Å². The Bertz CT molecular complexity index is 468. The van der Waals surface area contributed by atoms with Crippen molar-refractivity contribution in [3.05, 3.63) is 21.5 Å². The number of ether oxygens (including phenoxy) is 1. The Morgan fingerprint density at radius 1 is 1.00 bits per heavy atom. The minimum Gasteiger partial charge on any atom is -0.543 e. The van der Waals surface area contributed by atoms with Crippen molar-refractivity contribution in [2.24, 2.45) is 0 Å². The Morgan fingerprint density at radius 3 is 1.86 bits per heavy atom. The van der Waals surface area contributed by atoms with E-state index in [4.69, 9.17) is 9.16 Å². The average Bonchev–Trinajstić information content (AvgIpc) is 2.38. The third kappa shape index (κ3) is 3.72. The second kappa shape index (κ2) is 7.31. The van der Waals surface area contributed by atoms with Gasteiger partial charge in [-0.05, 0) is 45.3 Å². The van der Waals surface area contributed by atoms with Crippen molar-refractivity contribution in [3.8, 4) is 11.5 Å². The first kappa shape index (κ1) is 18.7. The molecule has 0 spiro atoms. The smallest absolute Gasteiger partial charge is 0.258 e. The van der Waals surface area contributed by atoms with Crippen molar-refractivity contribution in [2.45, 2.75) is 58.2 Å². The first-order valence-electron chi connectivity index (χ1n) is 7.38. The Morgan fingerprint density at radius 2 is 1.48 bits per heavy atom. The molecule has 0 radical (unpaired) electrons. The van der Waals surface area contributed by atoms with Gasteiger partial charge in [-0.25, -0.2) is 4.39 Å². The molecule has 0 aliphatic rings. The Balaban J connectivity index is 3.30. The van der Waals surface area contributed by atoms with Gasteiger partial charge in [0.1, 0.15) is 5.75 Å². The van der Waals surface area contributed by atoms with Gasteiger partial charge in [0.2, 0.25) is 0 Å². The van der Waals surface area contributed by atoms with Crippen molar-refractivity contribution in [3.63, 3.8) is 0 Å². The number of hydrogen-bond acceptors (Lipinski definition) is 2. The molecule has 0 aliphatic carbocycles. The lowest BCUT2D eigenvalue weighted by atomic mass is 10.3. The topological polar surface area (TPSA) is 18.5 Å². The summed E-state index contributed by atoms with van der Waals surface area (Å²) in [7, 11) is -0.543. The fraction of sp³-hybridized carbons (Fsp3) is 0.625. The predicted octanol–water partition coefficient (Wildman–Crippen LogP) is 5.99. The Kier molecular flexibility index (Phi) is 6.52. The number of methoxy groups -OCH3 is 1. The zero-order valence-electron chi connectivity index (χ0n) is 14.0. The summed E-state index contributed by atoms with van der Waals surface area (Å²) < 4.78 is 26.1. The maximum Gasteiger partial charge on any atom is 0.258 e. The highest BCUT2D eigenvalue weighted by atomic mass is 127. The van der Waals surface area contributed by atoms with Crippen LogP contribution in [0.4, 0.5) is 4.39 Å². The van der Waals surface area contributed by atoms with Crippen LogP contribution in [0, 0.1) is 9.39 Å². The van der Waals surface area contributed by atoms with Crippen molar-refractivity contribution in [1.29, 1.82) is 0 Å². The zero-order valence-corrected chi connectivity index (χ0v) is 17.1. The van der Waals surface area contributed by atoms with E-state index in [2.05, 4.69) is 41.5 Å². The number of benzene rings is 1. The van der Waals surface area contributed by atoms with Gasteiger partial charge in [-0.2, -0.15) is 0 Å². The van der Waals surface area contributed by atoms with Gasteiger partial charge in [0.05, 0.1) is 10.7 Å². The minimum atomic E-state index is -2.03. The van der Waals surface area contributed by atoms with Gasteiger partial charge in [0.15, 0.2) is 11.6 Å². The standard InChI is InChI=1S/C16H26FIO2Si/c1-10(2)21(11(3)4,12(5)6)20-13-8-14(18)16(17)15(9-13)19-7/h8-12H,1-7H3. The van der Waals surface area contributed by atoms with E-state index in [1.54, 1.807) is 12.1 Å². The maximum atomic E-state index is 13.9. The number of halogens is 2. The van der Waals surface area contributed by atoms with Crippen molar-refractivity contribution >= 4 is 30.9 Å². The molecule has 0 heterocycles. The molecule has 5 heteroatoms.